The molecule has 1 aromatic heterocycles. The lowest BCUT2D eigenvalue weighted by molar-refractivity contribution is -0.385. The van der Waals surface area contributed by atoms with Gasteiger partial charge in [-0.1, -0.05) is 6.07 Å². The number of carboxylic acid groups (broad SMARTS) is 1. The highest BCUT2D eigenvalue weighted by Crippen LogP contribution is 2.14. The molecule has 0 fully saturated rings. The van der Waals surface area contributed by atoms with Crippen LogP contribution in [0.3, 0.4) is 0 Å². The molecule has 2 aromatic rings. The Morgan fingerprint density at radius 1 is 1.53 bits per heavy atom. The SMILES string of the molecule is O=C(O)c1cccc(OCn2cc([N+](=O)[O-])cn2)c1. The van der Waals surface area contributed by atoms with Crippen molar-refractivity contribution in [3.05, 3.63) is 52.3 Å². The van der Waals surface area contributed by atoms with Crippen molar-refractivity contribution < 1.29 is 19.6 Å². The summed E-state index contributed by atoms with van der Waals surface area (Å²) < 4.78 is 6.53. The predicted octanol–water partition coefficient (Wildman–Crippen LogP) is 1.53. The highest BCUT2D eigenvalue weighted by molar-refractivity contribution is 5.87. The van der Waals surface area contributed by atoms with E-state index < -0.39 is 10.9 Å². The second kappa shape index (κ2) is 5.17. The van der Waals surface area contributed by atoms with Crippen molar-refractivity contribution in [1.82, 2.24) is 9.78 Å². The van der Waals surface area contributed by atoms with Gasteiger partial charge < -0.3 is 9.84 Å². The quantitative estimate of drug-likeness (QED) is 0.647. The zero-order chi connectivity index (χ0) is 13.8. The number of rotatable bonds is 5. The molecule has 8 heteroatoms. The smallest absolute Gasteiger partial charge is 0.335 e. The van der Waals surface area contributed by atoms with Gasteiger partial charge in [0.1, 0.15) is 18.1 Å². The Bertz CT molecular complexity index is 622. The molecule has 0 saturated carbocycles. The fourth-order valence-corrected chi connectivity index (χ4v) is 1.38. The van der Waals surface area contributed by atoms with Crippen LogP contribution in [0.4, 0.5) is 5.69 Å². The standard InChI is InChI=1S/C11H9N3O5/c15-11(16)8-2-1-3-10(4-8)19-7-13-6-9(5-12-13)14(17)18/h1-6H,7H2,(H,15,16). The van der Waals surface area contributed by atoms with E-state index in [1.54, 1.807) is 12.1 Å². The molecule has 0 spiro atoms. The topological polar surface area (TPSA) is 107 Å². The van der Waals surface area contributed by atoms with E-state index in [-0.39, 0.29) is 18.0 Å². The van der Waals surface area contributed by atoms with Crippen molar-refractivity contribution in [3.8, 4) is 5.75 Å². The van der Waals surface area contributed by atoms with Crippen molar-refractivity contribution in [2.24, 2.45) is 0 Å². The van der Waals surface area contributed by atoms with E-state index in [2.05, 4.69) is 5.10 Å². The van der Waals surface area contributed by atoms with Crippen molar-refractivity contribution >= 4 is 11.7 Å². The number of nitrogens with zero attached hydrogens (tertiary/aromatic N) is 3. The van der Waals surface area contributed by atoms with Crippen molar-refractivity contribution in [2.75, 3.05) is 0 Å². The fraction of sp³-hybridized carbons (Fsp3) is 0.0909. The number of carboxylic acids is 1. The van der Waals surface area contributed by atoms with Crippen LogP contribution in [-0.4, -0.2) is 25.8 Å². The summed E-state index contributed by atoms with van der Waals surface area (Å²) in [6.07, 6.45) is 2.33. The van der Waals surface area contributed by atoms with E-state index in [0.717, 1.165) is 6.20 Å². The van der Waals surface area contributed by atoms with E-state index in [4.69, 9.17) is 9.84 Å². The van der Waals surface area contributed by atoms with Gasteiger partial charge in [-0.2, -0.15) is 5.10 Å². The summed E-state index contributed by atoms with van der Waals surface area (Å²) in [5, 5.41) is 23.0. The minimum Gasteiger partial charge on any atom is -0.478 e. The Hall–Kier alpha value is -2.90. The van der Waals surface area contributed by atoms with Gasteiger partial charge >= 0.3 is 11.7 Å². The van der Waals surface area contributed by atoms with Crippen LogP contribution in [-0.2, 0) is 6.73 Å². The van der Waals surface area contributed by atoms with Crippen LogP contribution in [0.2, 0.25) is 0 Å². The van der Waals surface area contributed by atoms with Crippen LogP contribution in [0.5, 0.6) is 5.75 Å². The summed E-state index contributed by atoms with van der Waals surface area (Å²) in [7, 11) is 0. The Morgan fingerprint density at radius 2 is 2.32 bits per heavy atom. The number of carbonyl (C=O) groups is 1. The molecule has 98 valence electrons. The van der Waals surface area contributed by atoms with Gasteiger partial charge in [0.15, 0.2) is 6.73 Å². The molecule has 0 aliphatic rings. The van der Waals surface area contributed by atoms with Crippen LogP contribution >= 0.6 is 0 Å². The molecule has 1 aromatic carbocycles. The van der Waals surface area contributed by atoms with Gasteiger partial charge in [-0.05, 0) is 18.2 Å². The largest absolute Gasteiger partial charge is 0.478 e. The van der Waals surface area contributed by atoms with Crippen molar-refractivity contribution in [3.63, 3.8) is 0 Å². The molecule has 19 heavy (non-hydrogen) atoms. The molecule has 1 N–H and O–H groups in total. The van der Waals surface area contributed by atoms with Crippen LogP contribution in [0.15, 0.2) is 36.7 Å². The zero-order valence-corrected chi connectivity index (χ0v) is 9.59. The molecule has 0 radical (unpaired) electrons. The molecule has 0 saturated heterocycles. The summed E-state index contributed by atoms with van der Waals surface area (Å²) in [6.45, 7) is -0.0447. The molecule has 1 heterocycles. The average Bonchev–Trinajstić information content (AvgIpc) is 2.85. The first kappa shape index (κ1) is 12.6. The highest BCUT2D eigenvalue weighted by Gasteiger charge is 2.09. The molecular weight excluding hydrogens is 254 g/mol. The lowest BCUT2D eigenvalue weighted by Crippen LogP contribution is -2.06. The molecule has 0 amide bonds. The maximum atomic E-state index is 10.8. The zero-order valence-electron chi connectivity index (χ0n) is 9.59. The van der Waals surface area contributed by atoms with Gasteiger partial charge in [-0.3, -0.25) is 10.1 Å². The van der Waals surface area contributed by atoms with Crippen molar-refractivity contribution in [1.29, 1.82) is 0 Å². The maximum absolute atomic E-state index is 10.8. The minimum absolute atomic E-state index is 0.0447. The van der Waals surface area contributed by atoms with Crippen LogP contribution < -0.4 is 4.74 Å². The Kier molecular flexibility index (Phi) is 3.42. The highest BCUT2D eigenvalue weighted by atomic mass is 16.6. The molecule has 8 nitrogen and oxygen atoms in total. The second-order valence-corrected chi connectivity index (χ2v) is 3.60. The molecular formula is C11H9N3O5. The first-order chi connectivity index (χ1) is 9.06. The van der Waals surface area contributed by atoms with E-state index in [1.807, 2.05) is 0 Å². The van der Waals surface area contributed by atoms with Crippen LogP contribution in [0.25, 0.3) is 0 Å². The molecule has 0 unspecified atom stereocenters. The first-order valence-electron chi connectivity index (χ1n) is 5.19. The summed E-state index contributed by atoms with van der Waals surface area (Å²) in [4.78, 5) is 20.7. The lowest BCUT2D eigenvalue weighted by Gasteiger charge is -2.06. The molecule has 0 atom stereocenters. The third-order valence-electron chi connectivity index (χ3n) is 2.27. The Morgan fingerprint density at radius 3 is 2.95 bits per heavy atom. The molecule has 0 bridgehead atoms. The van der Waals surface area contributed by atoms with E-state index in [1.165, 1.54) is 23.0 Å². The van der Waals surface area contributed by atoms with Gasteiger partial charge in [0.25, 0.3) is 0 Å². The Labute approximate surface area is 107 Å². The Balaban J connectivity index is 2.03. The van der Waals surface area contributed by atoms with Crippen LogP contribution in [0.1, 0.15) is 10.4 Å². The normalized spacial score (nSPS) is 10.1. The van der Waals surface area contributed by atoms with Crippen molar-refractivity contribution in [2.45, 2.75) is 6.73 Å². The summed E-state index contributed by atoms with van der Waals surface area (Å²) >= 11 is 0. The van der Waals surface area contributed by atoms with Crippen LogP contribution in [0, 0.1) is 10.1 Å². The molecule has 2 rings (SSSR count). The average molecular weight is 263 g/mol. The van der Waals surface area contributed by atoms with E-state index in [0.29, 0.717) is 5.75 Å². The summed E-state index contributed by atoms with van der Waals surface area (Å²) in [5.74, 6) is -0.710. The van der Waals surface area contributed by atoms with Gasteiger partial charge in [-0.25, -0.2) is 9.48 Å². The number of ether oxygens (including phenoxy) is 1. The number of hydrogen-bond donors (Lipinski definition) is 1. The van der Waals surface area contributed by atoms with E-state index in [9.17, 15) is 14.9 Å². The van der Waals surface area contributed by atoms with Gasteiger partial charge in [0.05, 0.1) is 10.5 Å². The van der Waals surface area contributed by atoms with Gasteiger partial charge in [0.2, 0.25) is 0 Å². The summed E-state index contributed by atoms with van der Waals surface area (Å²) in [6, 6.07) is 5.93. The van der Waals surface area contributed by atoms with E-state index >= 15 is 0 Å². The third-order valence-corrected chi connectivity index (χ3v) is 2.27. The lowest BCUT2D eigenvalue weighted by atomic mass is 10.2. The summed E-state index contributed by atoms with van der Waals surface area (Å²) in [5.41, 5.74) is -0.0353. The van der Waals surface area contributed by atoms with Gasteiger partial charge in [-0.15, -0.1) is 0 Å². The second-order valence-electron chi connectivity index (χ2n) is 3.60. The molecule has 0 aliphatic carbocycles. The number of aromatic nitrogens is 2. The number of benzene rings is 1. The minimum atomic E-state index is -1.06. The van der Waals surface area contributed by atoms with Gasteiger partial charge in [0, 0.05) is 0 Å². The number of nitro groups is 1. The first-order valence-corrected chi connectivity index (χ1v) is 5.19. The fourth-order valence-electron chi connectivity index (χ4n) is 1.38. The monoisotopic (exact) mass is 263 g/mol. The third kappa shape index (κ3) is 3.06. The predicted molar refractivity (Wildman–Crippen MR) is 62.9 cm³/mol. The maximum Gasteiger partial charge on any atom is 0.335 e. The molecule has 0 aliphatic heterocycles. The number of hydrogen-bond acceptors (Lipinski definition) is 5. The number of aromatic carboxylic acids is 1.